The second-order valence-corrected chi connectivity index (χ2v) is 5.99. The second-order valence-electron chi connectivity index (χ2n) is 5.99. The average molecular weight is 356 g/mol. The maximum absolute atomic E-state index is 14.0. The Hall–Kier alpha value is -2.83. The van der Waals surface area contributed by atoms with Crippen molar-refractivity contribution in [2.24, 2.45) is 0 Å². The summed E-state index contributed by atoms with van der Waals surface area (Å²) in [5.74, 6) is -0.286. The molecule has 1 heterocycles. The van der Waals surface area contributed by atoms with Crippen LogP contribution in [0.3, 0.4) is 0 Å². The van der Waals surface area contributed by atoms with Gasteiger partial charge in [0.1, 0.15) is 5.82 Å². The Morgan fingerprint density at radius 2 is 1.85 bits per heavy atom. The van der Waals surface area contributed by atoms with Crippen LogP contribution in [0.2, 0.25) is 0 Å². The number of hydrogen-bond donors (Lipinski definition) is 2. The van der Waals surface area contributed by atoms with E-state index in [-0.39, 0.29) is 18.9 Å². The number of aliphatic hydroxyl groups is 1. The van der Waals surface area contributed by atoms with Crippen LogP contribution in [0, 0.1) is 5.82 Å². The summed E-state index contributed by atoms with van der Waals surface area (Å²) < 4.78 is 14.0. The largest absolute Gasteiger partial charge is 0.483 e. The number of benzene rings is 2. The van der Waals surface area contributed by atoms with Gasteiger partial charge in [-0.1, -0.05) is 18.2 Å². The van der Waals surface area contributed by atoms with Crippen molar-refractivity contribution in [3.63, 3.8) is 0 Å². The molecule has 136 valence electrons. The topological polar surface area (TPSA) is 73.7 Å². The zero-order chi connectivity index (χ0) is 19.1. The number of pyridine rings is 1. The summed E-state index contributed by atoms with van der Waals surface area (Å²) in [6.07, 6.45) is 1.66. The van der Waals surface area contributed by atoms with Crippen molar-refractivity contribution in [3.05, 3.63) is 65.6 Å². The minimum atomic E-state index is -0.286. The smallest absolute Gasteiger partial charge is 0.290 e. The van der Waals surface area contributed by atoms with Gasteiger partial charge in [0.2, 0.25) is 0 Å². The van der Waals surface area contributed by atoms with Crippen LogP contribution in [0.4, 0.5) is 4.39 Å². The van der Waals surface area contributed by atoms with Gasteiger partial charge in [-0.15, -0.1) is 0 Å². The van der Waals surface area contributed by atoms with Crippen molar-refractivity contribution in [1.82, 2.24) is 9.88 Å². The lowest BCUT2D eigenvalue weighted by atomic mass is 9.95. The Morgan fingerprint density at radius 1 is 1.15 bits per heavy atom. The van der Waals surface area contributed by atoms with E-state index in [2.05, 4.69) is 9.88 Å². The first-order valence-electron chi connectivity index (χ1n) is 8.00. The van der Waals surface area contributed by atoms with Crippen molar-refractivity contribution in [1.29, 1.82) is 0 Å². The maximum atomic E-state index is 14.0. The lowest BCUT2D eigenvalue weighted by Crippen LogP contribution is -2.11. The SMILES string of the molecule is CN(C)Cc1ccc(-c2ccc(F)c3cccnc23)c(CO)c1.O=CO. The highest BCUT2D eigenvalue weighted by atomic mass is 19.1. The third-order valence-corrected chi connectivity index (χ3v) is 3.85. The van der Waals surface area contributed by atoms with Gasteiger partial charge in [-0.05, 0) is 55.1 Å². The molecule has 3 aromatic rings. The van der Waals surface area contributed by atoms with Gasteiger partial charge in [-0.2, -0.15) is 0 Å². The van der Waals surface area contributed by atoms with Crippen LogP contribution in [0.1, 0.15) is 11.1 Å². The molecule has 1 aromatic heterocycles. The molecule has 3 rings (SSSR count). The Kier molecular flexibility index (Phi) is 6.77. The molecule has 26 heavy (non-hydrogen) atoms. The van der Waals surface area contributed by atoms with Gasteiger partial charge in [-0.25, -0.2) is 4.39 Å². The number of fused-ring (bicyclic) bond motifs is 1. The highest BCUT2D eigenvalue weighted by Crippen LogP contribution is 2.32. The van der Waals surface area contributed by atoms with Gasteiger partial charge in [0, 0.05) is 23.7 Å². The fourth-order valence-electron chi connectivity index (χ4n) is 2.86. The highest BCUT2D eigenvalue weighted by Gasteiger charge is 2.12. The van der Waals surface area contributed by atoms with Gasteiger partial charge >= 0.3 is 0 Å². The molecule has 0 radical (unpaired) electrons. The van der Waals surface area contributed by atoms with E-state index in [4.69, 9.17) is 9.90 Å². The molecule has 0 saturated heterocycles. The molecule has 2 N–H and O–H groups in total. The van der Waals surface area contributed by atoms with E-state index in [1.165, 1.54) is 6.07 Å². The monoisotopic (exact) mass is 356 g/mol. The number of hydrogen-bond acceptors (Lipinski definition) is 4. The number of rotatable bonds is 4. The molecule has 0 fully saturated rings. The molecule has 6 heteroatoms. The van der Waals surface area contributed by atoms with Crippen LogP contribution in [-0.4, -0.2) is 40.7 Å². The zero-order valence-electron chi connectivity index (χ0n) is 14.7. The Balaban J connectivity index is 0.000000758. The molecule has 0 amide bonds. The van der Waals surface area contributed by atoms with Crippen LogP contribution in [0.25, 0.3) is 22.0 Å². The molecule has 0 atom stereocenters. The predicted molar refractivity (Wildman–Crippen MR) is 99.1 cm³/mol. The third kappa shape index (κ3) is 4.41. The Bertz CT molecular complexity index is 897. The van der Waals surface area contributed by atoms with Crippen molar-refractivity contribution in [3.8, 4) is 11.1 Å². The standard InChI is InChI=1S/C19H19FN2O.CH2O2/c1-22(2)11-13-5-6-15(14(10-13)12-23)16-7-8-18(20)17-4-3-9-21-19(16)17;2-1-3/h3-10,23H,11-12H2,1-2H3;1H,(H,2,3). The molecular formula is C20H21FN2O3. The molecule has 0 aliphatic rings. The lowest BCUT2D eigenvalue weighted by Gasteiger charge is -2.14. The molecule has 0 aliphatic carbocycles. The number of carbonyl (C=O) groups is 1. The van der Waals surface area contributed by atoms with E-state index in [1.807, 2.05) is 32.3 Å². The van der Waals surface area contributed by atoms with Gasteiger partial charge in [0.25, 0.3) is 6.47 Å². The molecule has 0 unspecified atom stereocenters. The van der Waals surface area contributed by atoms with Gasteiger partial charge in [0.15, 0.2) is 0 Å². The van der Waals surface area contributed by atoms with Crippen LogP contribution in [-0.2, 0) is 17.9 Å². The van der Waals surface area contributed by atoms with Gasteiger partial charge < -0.3 is 15.1 Å². The van der Waals surface area contributed by atoms with E-state index in [9.17, 15) is 9.50 Å². The van der Waals surface area contributed by atoms with Crippen molar-refractivity contribution >= 4 is 17.4 Å². The maximum Gasteiger partial charge on any atom is 0.290 e. The normalized spacial score (nSPS) is 10.5. The molecule has 5 nitrogen and oxygen atoms in total. The summed E-state index contributed by atoms with van der Waals surface area (Å²) in [6, 6.07) is 12.6. The molecular weight excluding hydrogens is 335 g/mol. The van der Waals surface area contributed by atoms with E-state index in [0.717, 1.165) is 28.8 Å². The summed E-state index contributed by atoms with van der Waals surface area (Å²) in [7, 11) is 4.01. The summed E-state index contributed by atoms with van der Waals surface area (Å²) in [6.45, 7) is 0.484. The van der Waals surface area contributed by atoms with E-state index >= 15 is 0 Å². The quantitative estimate of drug-likeness (QED) is 0.702. The van der Waals surface area contributed by atoms with Crippen molar-refractivity contribution in [2.45, 2.75) is 13.2 Å². The summed E-state index contributed by atoms with van der Waals surface area (Å²) in [5.41, 5.74) is 4.29. The van der Waals surface area contributed by atoms with Crippen LogP contribution >= 0.6 is 0 Å². The number of aliphatic hydroxyl groups excluding tert-OH is 1. The number of aromatic nitrogens is 1. The first-order chi connectivity index (χ1) is 12.5. The van der Waals surface area contributed by atoms with Crippen molar-refractivity contribution in [2.75, 3.05) is 14.1 Å². The number of nitrogens with zero attached hydrogens (tertiary/aromatic N) is 2. The highest BCUT2D eigenvalue weighted by molar-refractivity contribution is 5.94. The minimum absolute atomic E-state index is 0.0672. The summed E-state index contributed by atoms with van der Waals surface area (Å²) in [4.78, 5) is 14.8. The minimum Gasteiger partial charge on any atom is -0.483 e. The summed E-state index contributed by atoms with van der Waals surface area (Å²) >= 11 is 0. The lowest BCUT2D eigenvalue weighted by molar-refractivity contribution is -0.122. The molecule has 0 saturated carbocycles. The number of carboxylic acid groups (broad SMARTS) is 1. The molecule has 0 spiro atoms. The zero-order valence-corrected chi connectivity index (χ0v) is 14.7. The van der Waals surface area contributed by atoms with E-state index in [1.54, 1.807) is 24.4 Å². The summed E-state index contributed by atoms with van der Waals surface area (Å²) in [5, 5.41) is 17.1. The second kappa shape index (κ2) is 9.03. The van der Waals surface area contributed by atoms with Crippen LogP contribution in [0.5, 0.6) is 0 Å². The van der Waals surface area contributed by atoms with Gasteiger partial charge in [-0.3, -0.25) is 9.78 Å². The third-order valence-electron chi connectivity index (χ3n) is 3.85. The van der Waals surface area contributed by atoms with Crippen LogP contribution < -0.4 is 0 Å². The van der Waals surface area contributed by atoms with E-state index < -0.39 is 0 Å². The Morgan fingerprint density at radius 3 is 2.50 bits per heavy atom. The van der Waals surface area contributed by atoms with Gasteiger partial charge in [0.05, 0.1) is 12.1 Å². The first kappa shape index (κ1) is 19.5. The fourth-order valence-corrected chi connectivity index (χ4v) is 2.86. The molecule has 2 aromatic carbocycles. The fraction of sp³-hybridized carbons (Fsp3) is 0.200. The van der Waals surface area contributed by atoms with Crippen molar-refractivity contribution < 1.29 is 19.4 Å². The van der Waals surface area contributed by atoms with Crippen LogP contribution in [0.15, 0.2) is 48.7 Å². The first-order valence-corrected chi connectivity index (χ1v) is 8.00. The predicted octanol–water partition coefficient (Wildman–Crippen LogP) is 3.30. The Labute approximate surface area is 151 Å². The number of halogens is 1. The average Bonchev–Trinajstić information content (AvgIpc) is 2.63. The molecule has 0 bridgehead atoms. The van der Waals surface area contributed by atoms with E-state index in [0.29, 0.717) is 10.9 Å². The molecule has 0 aliphatic heterocycles.